The minimum absolute atomic E-state index is 0.0421. The van der Waals surface area contributed by atoms with Crippen molar-refractivity contribution in [2.24, 2.45) is 10.7 Å². The van der Waals surface area contributed by atoms with Crippen LogP contribution in [0.1, 0.15) is 11.8 Å². The number of guanidine groups is 1. The largest absolute Gasteiger partial charge is 0.369 e. The predicted molar refractivity (Wildman–Crippen MR) is 105 cm³/mol. The van der Waals surface area contributed by atoms with Crippen molar-refractivity contribution in [1.82, 2.24) is 14.3 Å². The molecule has 4 rings (SSSR count). The van der Waals surface area contributed by atoms with Gasteiger partial charge in [-0.2, -0.15) is 0 Å². The fraction of sp³-hybridized carbons (Fsp3) is 0.250. The molecule has 0 radical (unpaired) electrons. The quantitative estimate of drug-likeness (QED) is 0.678. The topological polar surface area (TPSA) is 104 Å². The lowest BCUT2D eigenvalue weighted by atomic mass is 10.0. The van der Waals surface area contributed by atoms with E-state index in [1.54, 1.807) is 13.1 Å². The molecule has 0 saturated heterocycles. The van der Waals surface area contributed by atoms with Gasteiger partial charge in [0.1, 0.15) is 11.2 Å². The van der Waals surface area contributed by atoms with Gasteiger partial charge in [-0.1, -0.05) is 11.6 Å². The lowest BCUT2D eigenvalue weighted by Crippen LogP contribution is -2.50. The van der Waals surface area contributed by atoms with E-state index in [0.717, 1.165) is 25.9 Å². The normalized spacial score (nSPS) is 22.6. The number of sulfonamides is 1. The Kier molecular flexibility index (Phi) is 3.80. The van der Waals surface area contributed by atoms with Crippen LogP contribution in [0.2, 0.25) is 5.02 Å². The second-order valence-electron chi connectivity index (χ2n) is 6.38. The minimum Gasteiger partial charge on any atom is -0.369 e. The molecule has 1 aliphatic heterocycles. The highest BCUT2D eigenvalue weighted by atomic mass is 35.5. The zero-order valence-corrected chi connectivity index (χ0v) is 16.4. The van der Waals surface area contributed by atoms with Crippen molar-refractivity contribution in [3.63, 3.8) is 0 Å². The van der Waals surface area contributed by atoms with Crippen molar-refractivity contribution in [2.45, 2.75) is 12.5 Å². The third-order valence-corrected chi connectivity index (χ3v) is 8.18. The lowest BCUT2D eigenvalue weighted by molar-refractivity contribution is 0.482. The van der Waals surface area contributed by atoms with Crippen LogP contribution >= 0.6 is 22.9 Å². The highest BCUT2D eigenvalue weighted by Gasteiger charge is 2.42. The maximum absolute atomic E-state index is 12.4. The van der Waals surface area contributed by atoms with E-state index in [-0.39, 0.29) is 11.7 Å². The molecule has 3 aromatic rings. The number of hydrogen-bond donors (Lipinski definition) is 2. The molecule has 1 atom stereocenters. The number of nitrogens with zero attached hydrogens (tertiary/aromatic N) is 3. The SMILES string of the molecule is CN1C(N)=N[C@](C)(c2sc(-c3cc4cccnc4[nH]3)cc2Cl)CS1(=O)=O. The van der Waals surface area contributed by atoms with Crippen molar-refractivity contribution in [3.8, 4) is 10.6 Å². The van der Waals surface area contributed by atoms with E-state index in [1.807, 2.05) is 24.3 Å². The maximum atomic E-state index is 12.4. The highest BCUT2D eigenvalue weighted by Crippen LogP contribution is 2.44. The molecule has 0 fully saturated rings. The van der Waals surface area contributed by atoms with Crippen molar-refractivity contribution in [3.05, 3.63) is 40.4 Å². The van der Waals surface area contributed by atoms with E-state index in [0.29, 0.717) is 9.90 Å². The summed E-state index contributed by atoms with van der Waals surface area (Å²) in [4.78, 5) is 13.5. The summed E-state index contributed by atoms with van der Waals surface area (Å²) in [5, 5.41) is 1.46. The first-order chi connectivity index (χ1) is 12.2. The van der Waals surface area contributed by atoms with Gasteiger partial charge in [-0.3, -0.25) is 0 Å². The number of halogens is 1. The maximum Gasteiger partial charge on any atom is 0.239 e. The van der Waals surface area contributed by atoms with Crippen molar-refractivity contribution in [1.29, 1.82) is 0 Å². The van der Waals surface area contributed by atoms with Crippen LogP contribution in [-0.4, -0.2) is 41.5 Å². The first-order valence-corrected chi connectivity index (χ1v) is 10.6. The fourth-order valence-electron chi connectivity index (χ4n) is 3.03. The molecule has 7 nitrogen and oxygen atoms in total. The van der Waals surface area contributed by atoms with Crippen molar-refractivity contribution in [2.75, 3.05) is 12.8 Å². The van der Waals surface area contributed by atoms with Crippen LogP contribution in [0, 0.1) is 0 Å². The molecule has 1 aliphatic rings. The number of aromatic nitrogens is 2. The second kappa shape index (κ2) is 5.70. The monoisotopic (exact) mass is 409 g/mol. The smallest absolute Gasteiger partial charge is 0.239 e. The molecule has 0 aliphatic carbocycles. The van der Waals surface area contributed by atoms with Gasteiger partial charge >= 0.3 is 0 Å². The van der Waals surface area contributed by atoms with Crippen LogP contribution in [-0.2, 0) is 15.6 Å². The van der Waals surface area contributed by atoms with Gasteiger partial charge in [0.15, 0.2) is 0 Å². The van der Waals surface area contributed by atoms with E-state index >= 15 is 0 Å². The Morgan fingerprint density at radius 3 is 2.88 bits per heavy atom. The lowest BCUT2D eigenvalue weighted by Gasteiger charge is -2.33. The van der Waals surface area contributed by atoms with Crippen LogP contribution in [0.5, 0.6) is 0 Å². The Labute approximate surface area is 159 Å². The molecule has 3 N–H and O–H groups in total. The Balaban J connectivity index is 1.82. The molecule has 0 aromatic carbocycles. The van der Waals surface area contributed by atoms with Gasteiger partial charge in [0.25, 0.3) is 0 Å². The number of nitrogens with one attached hydrogen (secondary N) is 1. The molecule has 0 spiro atoms. The number of thiophene rings is 1. The number of H-pyrrole nitrogens is 1. The summed E-state index contributed by atoms with van der Waals surface area (Å²) in [5.41, 5.74) is 6.45. The third kappa shape index (κ3) is 2.67. The molecule has 0 saturated carbocycles. The van der Waals surface area contributed by atoms with Crippen LogP contribution in [0.25, 0.3) is 21.6 Å². The van der Waals surface area contributed by atoms with Gasteiger partial charge < -0.3 is 10.7 Å². The number of pyridine rings is 1. The van der Waals surface area contributed by atoms with Gasteiger partial charge in [-0.25, -0.2) is 22.7 Å². The molecular formula is C16H16ClN5O2S2. The summed E-state index contributed by atoms with van der Waals surface area (Å²) in [6.07, 6.45) is 1.72. The van der Waals surface area contributed by atoms with Crippen LogP contribution in [0.4, 0.5) is 0 Å². The Morgan fingerprint density at radius 2 is 2.19 bits per heavy atom. The number of fused-ring (bicyclic) bond motifs is 1. The Hall–Kier alpha value is -2.10. The van der Waals surface area contributed by atoms with Crippen molar-refractivity contribution < 1.29 is 8.42 Å². The van der Waals surface area contributed by atoms with E-state index < -0.39 is 15.6 Å². The predicted octanol–water partition coefficient (Wildman–Crippen LogP) is 2.75. The average molecular weight is 410 g/mol. The Bertz CT molecular complexity index is 1120. The molecule has 136 valence electrons. The highest BCUT2D eigenvalue weighted by molar-refractivity contribution is 7.89. The van der Waals surface area contributed by atoms with Crippen LogP contribution in [0.3, 0.4) is 0 Å². The van der Waals surface area contributed by atoms with Gasteiger partial charge in [0.2, 0.25) is 16.0 Å². The molecule has 26 heavy (non-hydrogen) atoms. The standard InChI is InChI=1S/C16H16ClN5O2S2/c1-16(8-26(23,24)22(2)15(18)21-16)13-10(17)7-12(25-13)11-6-9-4-3-5-19-14(9)20-11/h3-7H,8H2,1-2H3,(H2,18,21)(H,19,20)/t16-/m0/s1. The molecule has 3 aromatic heterocycles. The van der Waals surface area contributed by atoms with E-state index in [9.17, 15) is 8.42 Å². The zero-order chi connectivity index (χ0) is 18.7. The van der Waals surface area contributed by atoms with Gasteiger partial charge in [0.05, 0.1) is 26.2 Å². The molecule has 10 heteroatoms. The molecule has 0 bridgehead atoms. The number of hydrogen-bond acceptors (Lipinski definition) is 6. The third-order valence-electron chi connectivity index (χ3n) is 4.40. The van der Waals surface area contributed by atoms with Crippen LogP contribution < -0.4 is 5.73 Å². The summed E-state index contributed by atoms with van der Waals surface area (Å²) in [6.45, 7) is 1.73. The average Bonchev–Trinajstić information content (AvgIpc) is 3.15. The second-order valence-corrected chi connectivity index (χ2v) is 9.84. The summed E-state index contributed by atoms with van der Waals surface area (Å²) in [5.74, 6) is -0.231. The van der Waals surface area contributed by atoms with E-state index in [4.69, 9.17) is 17.3 Å². The zero-order valence-electron chi connectivity index (χ0n) is 14.0. The van der Waals surface area contributed by atoms with Gasteiger partial charge in [-0.05, 0) is 31.2 Å². The van der Waals surface area contributed by atoms with Crippen LogP contribution in [0.15, 0.2) is 35.5 Å². The Morgan fingerprint density at radius 1 is 1.42 bits per heavy atom. The first kappa shape index (κ1) is 17.3. The molecule has 0 amide bonds. The summed E-state index contributed by atoms with van der Waals surface area (Å²) < 4.78 is 25.8. The van der Waals surface area contributed by atoms with Gasteiger partial charge in [-0.15, -0.1) is 11.3 Å². The molecule has 4 heterocycles. The van der Waals surface area contributed by atoms with E-state index in [1.165, 1.54) is 18.4 Å². The molecule has 0 unspecified atom stereocenters. The van der Waals surface area contributed by atoms with Gasteiger partial charge in [0, 0.05) is 18.6 Å². The first-order valence-electron chi connectivity index (χ1n) is 7.75. The van der Waals surface area contributed by atoms with E-state index in [2.05, 4.69) is 15.0 Å². The fourth-order valence-corrected chi connectivity index (χ4v) is 6.16. The van der Waals surface area contributed by atoms with Crippen molar-refractivity contribution >= 4 is 50.0 Å². The minimum atomic E-state index is -3.55. The number of aliphatic imine (C=N–C) groups is 1. The summed E-state index contributed by atoms with van der Waals surface area (Å²) in [7, 11) is -2.16. The number of rotatable bonds is 2. The summed E-state index contributed by atoms with van der Waals surface area (Å²) >= 11 is 7.86. The number of nitrogens with two attached hydrogens (primary N) is 1. The summed E-state index contributed by atoms with van der Waals surface area (Å²) in [6, 6.07) is 7.64. The molecular weight excluding hydrogens is 394 g/mol. The number of aromatic amines is 1.